The van der Waals surface area contributed by atoms with Crippen molar-refractivity contribution in [1.82, 2.24) is 16.0 Å². The number of benzene rings is 4. The summed E-state index contributed by atoms with van der Waals surface area (Å²) >= 11 is 0. The van der Waals surface area contributed by atoms with Crippen molar-refractivity contribution in [3.8, 4) is 11.5 Å². The molecule has 4 atom stereocenters. The van der Waals surface area contributed by atoms with Gasteiger partial charge in [0.1, 0.15) is 42.6 Å². The molecule has 0 aliphatic rings. The van der Waals surface area contributed by atoms with Gasteiger partial charge in [-0.2, -0.15) is 0 Å². The largest absolute Gasteiger partial charge is 0.489 e. The second-order valence-electron chi connectivity index (χ2n) is 12.5. The van der Waals surface area contributed by atoms with Gasteiger partial charge in [0.25, 0.3) is 0 Å². The fourth-order valence-electron chi connectivity index (χ4n) is 5.29. The molecule has 0 radical (unpaired) electrons. The third-order valence-corrected chi connectivity index (χ3v) is 9.54. The van der Waals surface area contributed by atoms with Gasteiger partial charge in [0.2, 0.25) is 17.7 Å². The highest BCUT2D eigenvalue weighted by Crippen LogP contribution is 2.41. The van der Waals surface area contributed by atoms with E-state index in [9.17, 15) is 28.7 Å². The molecule has 4 rings (SSSR count). The molecule has 0 aliphatic heterocycles. The van der Waals surface area contributed by atoms with E-state index in [1.165, 1.54) is 6.92 Å². The van der Waals surface area contributed by atoms with Crippen LogP contribution in [0, 0.1) is 5.92 Å². The van der Waals surface area contributed by atoms with Crippen LogP contribution in [-0.4, -0.2) is 45.4 Å². The second kappa shape index (κ2) is 18.9. The topological polar surface area (TPSA) is 163 Å². The van der Waals surface area contributed by atoms with E-state index in [0.717, 1.165) is 11.1 Å². The number of rotatable bonds is 18. The smallest absolute Gasteiger partial charge is 0.347 e. The van der Waals surface area contributed by atoms with Crippen LogP contribution in [0.15, 0.2) is 109 Å². The van der Waals surface area contributed by atoms with E-state index >= 15 is 0 Å². The molecule has 270 valence electrons. The number of nitrogens with one attached hydrogen (secondary N) is 3. The lowest BCUT2D eigenvalue weighted by Gasteiger charge is -2.28. The highest BCUT2D eigenvalue weighted by Gasteiger charge is 2.35. The summed E-state index contributed by atoms with van der Waals surface area (Å²) in [5.74, 6) is -2.41. The predicted molar refractivity (Wildman–Crippen MR) is 195 cm³/mol. The molecule has 0 unspecified atom stereocenters. The molecule has 0 aliphatic carbocycles. The van der Waals surface area contributed by atoms with Gasteiger partial charge < -0.3 is 35.2 Å². The third-order valence-electron chi connectivity index (χ3n) is 8.41. The van der Waals surface area contributed by atoms with E-state index in [0.29, 0.717) is 42.3 Å². The highest BCUT2D eigenvalue weighted by atomic mass is 31.2. The molecule has 11 nitrogen and oxygen atoms in total. The number of ether oxygens (including phenoxy) is 2. The van der Waals surface area contributed by atoms with Gasteiger partial charge in [0, 0.05) is 19.8 Å². The van der Waals surface area contributed by atoms with Gasteiger partial charge in [0.15, 0.2) is 0 Å². The van der Waals surface area contributed by atoms with Crippen LogP contribution < -0.4 is 25.4 Å². The van der Waals surface area contributed by atoms with E-state index in [1.54, 1.807) is 48.5 Å². The van der Waals surface area contributed by atoms with Crippen LogP contribution >= 0.6 is 7.60 Å². The first kappa shape index (κ1) is 38.8. The van der Waals surface area contributed by atoms with Crippen molar-refractivity contribution in [3.05, 3.63) is 131 Å². The molecule has 0 heterocycles. The highest BCUT2D eigenvalue weighted by molar-refractivity contribution is 7.52. The van der Waals surface area contributed by atoms with Crippen molar-refractivity contribution in [2.24, 2.45) is 5.92 Å². The van der Waals surface area contributed by atoms with Crippen molar-refractivity contribution in [1.29, 1.82) is 0 Å². The molecule has 4 aromatic rings. The molecule has 0 fully saturated rings. The van der Waals surface area contributed by atoms with Crippen molar-refractivity contribution in [3.63, 3.8) is 0 Å². The van der Waals surface area contributed by atoms with E-state index in [1.807, 2.05) is 74.5 Å². The van der Waals surface area contributed by atoms with E-state index in [4.69, 9.17) is 9.47 Å². The van der Waals surface area contributed by atoms with Gasteiger partial charge in [0.05, 0.1) is 0 Å². The summed E-state index contributed by atoms with van der Waals surface area (Å²) in [6.07, 6.45) is 0.408. The Balaban J connectivity index is 1.49. The van der Waals surface area contributed by atoms with Crippen molar-refractivity contribution in [2.75, 3.05) is 0 Å². The van der Waals surface area contributed by atoms with Gasteiger partial charge in [-0.15, -0.1) is 0 Å². The summed E-state index contributed by atoms with van der Waals surface area (Å²) in [6.45, 7) is 5.73. The zero-order valence-corrected chi connectivity index (χ0v) is 29.9. The van der Waals surface area contributed by atoms with Gasteiger partial charge in [-0.05, 0) is 52.4 Å². The van der Waals surface area contributed by atoms with Gasteiger partial charge in [-0.3, -0.25) is 18.9 Å². The summed E-state index contributed by atoms with van der Waals surface area (Å²) in [7, 11) is -4.86. The molecule has 0 bridgehead atoms. The molecule has 0 aromatic heterocycles. The monoisotopic (exact) mass is 715 g/mol. The molecule has 0 spiro atoms. The maximum Gasteiger partial charge on any atom is 0.347 e. The fraction of sp³-hybridized carbons (Fsp3) is 0.308. The maximum atomic E-state index is 13.8. The van der Waals surface area contributed by atoms with Crippen LogP contribution in [0.4, 0.5) is 0 Å². The second-order valence-corrected chi connectivity index (χ2v) is 14.3. The average Bonchev–Trinajstić information content (AvgIpc) is 3.12. The Morgan fingerprint density at radius 2 is 1.12 bits per heavy atom. The van der Waals surface area contributed by atoms with Crippen LogP contribution in [-0.2, 0) is 45.0 Å². The molecular formula is C39H46N3O8P. The zero-order valence-electron chi connectivity index (χ0n) is 29.0. The van der Waals surface area contributed by atoms with E-state index < -0.39 is 43.2 Å². The Morgan fingerprint density at radius 1 is 0.647 bits per heavy atom. The molecule has 51 heavy (non-hydrogen) atoms. The number of amides is 3. The van der Waals surface area contributed by atoms with Crippen LogP contribution in [0.3, 0.4) is 0 Å². The Labute approximate surface area is 298 Å². The van der Waals surface area contributed by atoms with E-state index in [-0.39, 0.29) is 18.8 Å². The minimum Gasteiger partial charge on any atom is -0.489 e. The Bertz CT molecular complexity index is 1750. The van der Waals surface area contributed by atoms with Gasteiger partial charge in [-0.1, -0.05) is 105 Å². The Kier molecular flexibility index (Phi) is 14.4. The lowest BCUT2D eigenvalue weighted by Crippen LogP contribution is -2.57. The minimum absolute atomic E-state index is 0.00512. The van der Waals surface area contributed by atoms with Crippen molar-refractivity contribution >= 4 is 25.3 Å². The third kappa shape index (κ3) is 12.7. The van der Waals surface area contributed by atoms with Gasteiger partial charge >= 0.3 is 7.60 Å². The molecule has 0 saturated heterocycles. The minimum atomic E-state index is -4.86. The van der Waals surface area contributed by atoms with E-state index in [2.05, 4.69) is 16.0 Å². The molecule has 0 saturated carbocycles. The van der Waals surface area contributed by atoms with Crippen molar-refractivity contribution < 1.29 is 38.2 Å². The number of hydrogen-bond acceptors (Lipinski definition) is 6. The number of carbonyl (C=O) groups is 3. The molecular weight excluding hydrogens is 669 g/mol. The van der Waals surface area contributed by atoms with Crippen LogP contribution in [0.1, 0.15) is 49.4 Å². The Hall–Kier alpha value is -4.96. The first-order valence-corrected chi connectivity index (χ1v) is 18.5. The first-order chi connectivity index (χ1) is 24.4. The van der Waals surface area contributed by atoms with Crippen LogP contribution in [0.25, 0.3) is 0 Å². The lowest BCUT2D eigenvalue weighted by atomic mass is 9.97. The summed E-state index contributed by atoms with van der Waals surface area (Å²) < 4.78 is 24.4. The summed E-state index contributed by atoms with van der Waals surface area (Å²) in [4.78, 5) is 59.8. The molecule has 4 aromatic carbocycles. The van der Waals surface area contributed by atoms with Crippen LogP contribution in [0.2, 0.25) is 0 Å². The number of carbonyl (C=O) groups excluding carboxylic acids is 3. The summed E-state index contributed by atoms with van der Waals surface area (Å²) in [5.41, 5.74) is 3.22. The fourth-order valence-corrected chi connectivity index (χ4v) is 6.04. The standard InChI is InChI=1S/C39H46N3O8P/c1-4-27(2)37(40-28(3)43)39(45)41-35(23-29-15-19-33(20-16-29)49-25-31-11-7-5-8-12-31)38(44)42-36(51(46,47)48)24-30-17-21-34(22-18-30)50-26-32-13-9-6-10-14-32/h5-22,27,35-37H,4,23-26H2,1-3H3,(H,40,43)(H,41,45)(H,42,44)(H2,46,47,48)/t27-,35-,36-,37-/m0/s1. The van der Waals surface area contributed by atoms with Crippen LogP contribution in [0.5, 0.6) is 11.5 Å². The predicted octanol–water partition coefficient (Wildman–Crippen LogP) is 5.29. The number of hydrogen-bond donors (Lipinski definition) is 5. The zero-order chi connectivity index (χ0) is 36.8. The maximum absolute atomic E-state index is 13.8. The first-order valence-electron chi connectivity index (χ1n) is 16.9. The molecule has 3 amide bonds. The summed E-state index contributed by atoms with van der Waals surface area (Å²) in [5, 5.41) is 7.90. The van der Waals surface area contributed by atoms with Crippen molar-refractivity contribution in [2.45, 2.75) is 71.1 Å². The SMILES string of the molecule is CC[C@H](C)[C@H](NC(C)=O)C(=O)N[C@@H](Cc1ccc(OCc2ccccc2)cc1)C(=O)N[C@H](Cc1ccc(OCc2ccccc2)cc1)P(=O)(O)O. The normalized spacial score (nSPS) is 13.6. The van der Waals surface area contributed by atoms with Gasteiger partial charge in [-0.25, -0.2) is 0 Å². The lowest BCUT2D eigenvalue weighted by molar-refractivity contribution is -0.132. The Morgan fingerprint density at radius 3 is 1.55 bits per heavy atom. The molecule has 5 N–H and O–H groups in total. The molecule has 12 heteroatoms. The average molecular weight is 716 g/mol. The quantitative estimate of drug-likeness (QED) is 0.0869. The summed E-state index contributed by atoms with van der Waals surface area (Å²) in [6, 6.07) is 31.0.